The van der Waals surface area contributed by atoms with Gasteiger partial charge in [0.2, 0.25) is 0 Å². The van der Waals surface area contributed by atoms with Gasteiger partial charge in [-0.05, 0) is 127 Å². The third kappa shape index (κ3) is 10.0. The van der Waals surface area contributed by atoms with Crippen molar-refractivity contribution >= 4 is 28.2 Å². The van der Waals surface area contributed by atoms with E-state index in [1.54, 1.807) is 18.3 Å². The molecule has 6 N–H and O–H groups in total. The molecule has 0 radical (unpaired) electrons. The van der Waals surface area contributed by atoms with E-state index in [-0.39, 0.29) is 29.8 Å². The minimum absolute atomic E-state index is 0.00179. The fourth-order valence-electron chi connectivity index (χ4n) is 9.54. The first-order valence-electron chi connectivity index (χ1n) is 20.9. The van der Waals surface area contributed by atoms with E-state index in [1.807, 2.05) is 24.3 Å². The molecular weight excluding hydrogens is 715 g/mol. The van der Waals surface area contributed by atoms with Crippen LogP contribution in [0.1, 0.15) is 111 Å². The topological polar surface area (TPSA) is 155 Å². The quantitative estimate of drug-likeness (QED) is 0.0653. The number of hydrogen-bond donors (Lipinski definition) is 5. The number of aliphatic hydroxyl groups is 2. The molecule has 8 atom stereocenters. The lowest BCUT2D eigenvalue weighted by Gasteiger charge is -2.39. The highest BCUT2D eigenvalue weighted by molar-refractivity contribution is 5.85. The van der Waals surface area contributed by atoms with Gasteiger partial charge < -0.3 is 31.1 Å². The number of pyridine rings is 1. The molecule has 2 fully saturated rings. The molecule has 0 bridgehead atoms. The number of aryl methyl sites for hydroxylation is 1. The Morgan fingerprint density at radius 2 is 1.75 bits per heavy atom. The third-order valence-electron chi connectivity index (χ3n) is 12.8. The summed E-state index contributed by atoms with van der Waals surface area (Å²) in [7, 11) is 1.50. The summed E-state index contributed by atoms with van der Waals surface area (Å²) in [5.74, 6) is 7.42. The number of aromatic nitrogens is 1. The first kappa shape index (κ1) is 40.4. The molecular formula is C48H57N3O6. The fraction of sp³-hybridized carbons (Fsp3) is 0.479. The van der Waals surface area contributed by atoms with Gasteiger partial charge in [0.05, 0.1) is 19.3 Å². The number of ether oxygens (including phenoxy) is 1. The molecule has 3 aliphatic rings. The first-order valence-corrected chi connectivity index (χ1v) is 20.9. The minimum Gasteiger partial charge on any atom is -0.504 e. The van der Waals surface area contributed by atoms with Crippen molar-refractivity contribution in [2.45, 2.75) is 114 Å². The number of unbranched alkanes of at least 4 members (excludes halogenated alkanes) is 1. The number of benzene rings is 3. The number of methoxy groups -OCH3 is 1. The number of carbonyl (C=O) groups is 2. The zero-order chi connectivity index (χ0) is 39.9. The Labute approximate surface area is 336 Å². The van der Waals surface area contributed by atoms with Gasteiger partial charge in [-0.2, -0.15) is 0 Å². The largest absolute Gasteiger partial charge is 0.504 e. The number of hydrogen-bond acceptors (Lipinski definition) is 9. The maximum atomic E-state index is 13.7. The molecule has 2 aliphatic carbocycles. The standard InChI is InChI=1S/C48H57N3O6/c1-57-47-24-35-15-19-45(55)40(44(54)9-5-2-6-30-22-37-13-17-39(53)27-43(37)51-29-30)18-14-32(42(35)28-46(47)56)12-16-38(52)26-41(36-20-21-50-48(49)25-36)34-11-10-31-7-3-4-8-33(31)23-34/h3-4,7-8,10-11,20-21,23-25,28,30,32,37-38,40-41,43-44,51-52,54,56H,2,5-6,9,12-13,15-17,19,22,26-27,29H2,1H3,(H2,49,50). The molecule has 57 heavy (non-hydrogen) atoms. The van der Waals surface area contributed by atoms with Gasteiger partial charge in [-0.15, -0.1) is 0 Å². The van der Waals surface area contributed by atoms with Gasteiger partial charge in [-0.1, -0.05) is 67.1 Å². The Morgan fingerprint density at radius 1 is 0.930 bits per heavy atom. The van der Waals surface area contributed by atoms with E-state index in [1.165, 1.54) is 7.11 Å². The van der Waals surface area contributed by atoms with Crippen molar-refractivity contribution in [2.24, 2.45) is 17.8 Å². The summed E-state index contributed by atoms with van der Waals surface area (Å²) < 4.78 is 5.44. The number of nitrogens with one attached hydrogen (secondary N) is 1. The predicted molar refractivity (Wildman–Crippen MR) is 223 cm³/mol. The summed E-state index contributed by atoms with van der Waals surface area (Å²) >= 11 is 0. The number of phenols is 1. The molecule has 1 aromatic heterocycles. The van der Waals surface area contributed by atoms with E-state index in [0.29, 0.717) is 80.2 Å². The molecule has 0 spiro atoms. The van der Waals surface area contributed by atoms with E-state index < -0.39 is 18.1 Å². The Bertz CT molecular complexity index is 2110. The number of carbonyl (C=O) groups excluding carboxylic acids is 2. The molecule has 1 aliphatic heterocycles. The van der Waals surface area contributed by atoms with Crippen LogP contribution in [0.2, 0.25) is 0 Å². The van der Waals surface area contributed by atoms with Crippen molar-refractivity contribution in [3.05, 3.63) is 95.2 Å². The molecule has 9 heteroatoms. The van der Waals surface area contributed by atoms with Crippen LogP contribution >= 0.6 is 0 Å². The van der Waals surface area contributed by atoms with Gasteiger partial charge in [0, 0.05) is 43.3 Å². The Morgan fingerprint density at radius 3 is 2.58 bits per heavy atom. The maximum Gasteiger partial charge on any atom is 0.160 e. The number of nitrogen functional groups attached to an aromatic ring is 1. The third-order valence-corrected chi connectivity index (χ3v) is 12.8. The number of nitrogens with two attached hydrogens (primary N) is 1. The zero-order valence-electron chi connectivity index (χ0n) is 33.0. The SMILES string of the molecule is COc1cc2c(cc1O)C(CCC(O)CC(c1ccnc(N)c1)c1ccc3ccccc3c1)C#CC(C(O)CCCCC1CNC3CC(=O)CCC3C1)C(=O)CC2. The lowest BCUT2D eigenvalue weighted by atomic mass is 9.74. The number of phenolic OH excluding ortho intramolecular Hbond substituents is 1. The van der Waals surface area contributed by atoms with Crippen LogP contribution in [-0.2, 0) is 16.0 Å². The van der Waals surface area contributed by atoms with Crippen LogP contribution < -0.4 is 15.8 Å². The molecule has 300 valence electrons. The second-order valence-electron chi connectivity index (χ2n) is 16.7. The average molecular weight is 772 g/mol. The van der Waals surface area contributed by atoms with Crippen LogP contribution in [0.4, 0.5) is 5.82 Å². The zero-order valence-corrected chi connectivity index (χ0v) is 33.0. The van der Waals surface area contributed by atoms with Crippen molar-refractivity contribution < 1.29 is 29.6 Å². The molecule has 0 amide bonds. The molecule has 3 aromatic carbocycles. The number of ketones is 2. The number of Topliss-reactive ketones (excluding diaryl/α,β-unsaturated/α-hetero) is 2. The number of aromatic hydroxyl groups is 1. The van der Waals surface area contributed by atoms with Crippen LogP contribution in [0.3, 0.4) is 0 Å². The number of fused-ring (bicyclic) bond motifs is 3. The molecule has 9 nitrogen and oxygen atoms in total. The number of aliphatic hydroxyl groups excluding tert-OH is 2. The molecule has 1 saturated carbocycles. The van der Waals surface area contributed by atoms with Crippen LogP contribution in [0.25, 0.3) is 10.8 Å². The van der Waals surface area contributed by atoms with Crippen LogP contribution in [0, 0.1) is 29.6 Å². The number of nitrogens with zero attached hydrogens (tertiary/aromatic N) is 1. The highest BCUT2D eigenvalue weighted by Gasteiger charge is 2.35. The van der Waals surface area contributed by atoms with E-state index >= 15 is 0 Å². The molecule has 2 heterocycles. The average Bonchev–Trinajstić information content (AvgIpc) is 3.27. The smallest absolute Gasteiger partial charge is 0.160 e. The summed E-state index contributed by atoms with van der Waals surface area (Å²) in [6, 6.07) is 22.2. The number of anilines is 1. The minimum atomic E-state index is -0.880. The second kappa shape index (κ2) is 18.7. The monoisotopic (exact) mass is 771 g/mol. The highest BCUT2D eigenvalue weighted by Crippen LogP contribution is 2.39. The van der Waals surface area contributed by atoms with Gasteiger partial charge in [-0.3, -0.25) is 9.59 Å². The Kier molecular flexibility index (Phi) is 13.2. The van der Waals surface area contributed by atoms with Crippen LogP contribution in [0.5, 0.6) is 11.5 Å². The summed E-state index contributed by atoms with van der Waals surface area (Å²) in [6.45, 7) is 0.934. The van der Waals surface area contributed by atoms with Gasteiger partial charge in [0.15, 0.2) is 17.3 Å². The van der Waals surface area contributed by atoms with Crippen molar-refractivity contribution in [1.29, 1.82) is 0 Å². The predicted octanol–water partition coefficient (Wildman–Crippen LogP) is 7.38. The highest BCUT2D eigenvalue weighted by atomic mass is 16.5. The molecule has 4 aromatic rings. The van der Waals surface area contributed by atoms with Crippen molar-refractivity contribution in [2.75, 3.05) is 19.4 Å². The van der Waals surface area contributed by atoms with Gasteiger partial charge in [0.25, 0.3) is 0 Å². The van der Waals surface area contributed by atoms with E-state index in [2.05, 4.69) is 52.5 Å². The van der Waals surface area contributed by atoms with Gasteiger partial charge >= 0.3 is 0 Å². The van der Waals surface area contributed by atoms with Crippen molar-refractivity contribution in [3.63, 3.8) is 0 Å². The molecule has 7 rings (SSSR count). The number of rotatable bonds is 14. The normalized spacial score (nSPS) is 23.8. The fourth-order valence-corrected chi connectivity index (χ4v) is 9.54. The van der Waals surface area contributed by atoms with Crippen molar-refractivity contribution in [3.8, 4) is 23.3 Å². The second-order valence-corrected chi connectivity index (χ2v) is 16.7. The van der Waals surface area contributed by atoms with Crippen LogP contribution in [-0.4, -0.2) is 63.8 Å². The summed E-state index contributed by atoms with van der Waals surface area (Å²) in [4.78, 5) is 29.8. The van der Waals surface area contributed by atoms with E-state index in [4.69, 9.17) is 10.5 Å². The lowest BCUT2D eigenvalue weighted by molar-refractivity contribution is -0.124. The summed E-state index contributed by atoms with van der Waals surface area (Å²) in [5, 5.41) is 39.9. The van der Waals surface area contributed by atoms with E-state index in [9.17, 15) is 24.9 Å². The number of piperidine rings is 1. The van der Waals surface area contributed by atoms with Crippen molar-refractivity contribution in [1.82, 2.24) is 10.3 Å². The van der Waals surface area contributed by atoms with Crippen LogP contribution in [0.15, 0.2) is 72.9 Å². The Hall–Kier alpha value is -4.75. The maximum absolute atomic E-state index is 13.7. The summed E-state index contributed by atoms with van der Waals surface area (Å²) in [6.07, 6.45) is 8.93. The molecule has 8 unspecified atom stereocenters. The Balaban J connectivity index is 1.04. The van der Waals surface area contributed by atoms with Gasteiger partial charge in [0.1, 0.15) is 17.5 Å². The molecule has 1 saturated heterocycles. The summed E-state index contributed by atoms with van der Waals surface area (Å²) in [5.41, 5.74) is 9.86. The first-order chi connectivity index (χ1) is 27.6. The lowest BCUT2D eigenvalue weighted by Crippen LogP contribution is -2.48. The van der Waals surface area contributed by atoms with Gasteiger partial charge in [-0.25, -0.2) is 4.98 Å². The van der Waals surface area contributed by atoms with E-state index in [0.717, 1.165) is 71.7 Å².